The van der Waals surface area contributed by atoms with Crippen molar-refractivity contribution in [1.82, 2.24) is 14.5 Å². The van der Waals surface area contributed by atoms with Crippen molar-refractivity contribution in [3.05, 3.63) is 47.8 Å². The lowest BCUT2D eigenvalue weighted by atomic mass is 9.82. The van der Waals surface area contributed by atoms with Gasteiger partial charge < -0.3 is 19.7 Å². The summed E-state index contributed by atoms with van der Waals surface area (Å²) >= 11 is 0. The smallest absolute Gasteiger partial charge is 0.352 e. The molecule has 0 bridgehead atoms. The van der Waals surface area contributed by atoms with Crippen LogP contribution in [-0.4, -0.2) is 48.7 Å². The van der Waals surface area contributed by atoms with Crippen LogP contribution < -0.4 is 0 Å². The molecule has 3 aromatic rings. The minimum Gasteiger partial charge on any atom is -0.477 e. The molecule has 5 rings (SSSR count). The summed E-state index contributed by atoms with van der Waals surface area (Å²) in [4.78, 5) is 30.1. The van der Waals surface area contributed by atoms with Gasteiger partial charge in [0.05, 0.1) is 23.6 Å². The summed E-state index contributed by atoms with van der Waals surface area (Å²) in [5, 5.41) is 21.8. The first-order valence-electron chi connectivity index (χ1n) is 9.21. The van der Waals surface area contributed by atoms with E-state index < -0.39 is 18.0 Å². The van der Waals surface area contributed by atoms with Crippen LogP contribution in [0.1, 0.15) is 18.9 Å². The fraction of sp³-hybridized carbons (Fsp3) is 0.286. The van der Waals surface area contributed by atoms with Crippen molar-refractivity contribution in [1.29, 1.82) is 0 Å². The Morgan fingerprint density at radius 2 is 2.07 bits per heavy atom. The van der Waals surface area contributed by atoms with Crippen molar-refractivity contribution in [3.8, 4) is 0 Å². The van der Waals surface area contributed by atoms with Gasteiger partial charge in [-0.05, 0) is 42.7 Å². The number of carbonyl (C=O) groups is 2. The highest BCUT2D eigenvalue weighted by Crippen LogP contribution is 2.47. The van der Waals surface area contributed by atoms with E-state index in [1.54, 1.807) is 13.1 Å². The summed E-state index contributed by atoms with van der Waals surface area (Å²) in [6, 6.07) is 9.46. The Balaban J connectivity index is 1.67. The zero-order valence-electron chi connectivity index (χ0n) is 15.5. The second-order valence-electron chi connectivity index (χ2n) is 7.54. The molecule has 1 saturated heterocycles. The SMILES string of the molecule is C[C@@H](O)[C@H]1C(=O)N2C(C(=O)O)=C(c3ccc4c5cccnc5n(C)c4c3)C[C@H]12. The quantitative estimate of drug-likeness (QED) is 0.682. The number of aryl methyl sites for hydroxylation is 1. The molecule has 1 aromatic carbocycles. The van der Waals surface area contributed by atoms with Crippen molar-refractivity contribution in [3.63, 3.8) is 0 Å². The Labute approximate surface area is 160 Å². The molecule has 0 unspecified atom stereocenters. The molecule has 4 heterocycles. The second-order valence-corrected chi connectivity index (χ2v) is 7.54. The first-order valence-corrected chi connectivity index (χ1v) is 9.21. The number of aliphatic hydroxyl groups is 1. The molecule has 2 N–H and O–H groups in total. The molecule has 28 heavy (non-hydrogen) atoms. The van der Waals surface area contributed by atoms with Gasteiger partial charge in [0.15, 0.2) is 0 Å². The van der Waals surface area contributed by atoms with Crippen LogP contribution in [0.3, 0.4) is 0 Å². The summed E-state index contributed by atoms with van der Waals surface area (Å²) in [5.74, 6) is -1.98. The Kier molecular flexibility index (Phi) is 3.42. The van der Waals surface area contributed by atoms with Gasteiger partial charge in [-0.2, -0.15) is 0 Å². The number of β-lactam (4-membered cyclic amide) rings is 1. The van der Waals surface area contributed by atoms with Crippen molar-refractivity contribution < 1.29 is 19.8 Å². The first-order chi connectivity index (χ1) is 13.4. The van der Waals surface area contributed by atoms with E-state index >= 15 is 0 Å². The third kappa shape index (κ3) is 2.05. The number of aliphatic hydroxyl groups excluding tert-OH is 1. The lowest BCUT2D eigenvalue weighted by molar-refractivity contribution is -0.161. The number of rotatable bonds is 3. The van der Waals surface area contributed by atoms with Crippen molar-refractivity contribution in [2.45, 2.75) is 25.5 Å². The van der Waals surface area contributed by atoms with Crippen LogP contribution >= 0.6 is 0 Å². The van der Waals surface area contributed by atoms with E-state index in [0.717, 1.165) is 27.5 Å². The normalized spacial score (nSPS) is 22.7. The molecule has 2 aliphatic rings. The van der Waals surface area contributed by atoms with E-state index in [4.69, 9.17) is 0 Å². The number of carboxylic acids is 1. The number of benzene rings is 1. The molecule has 142 valence electrons. The molecule has 2 aliphatic heterocycles. The van der Waals surface area contributed by atoms with Gasteiger partial charge in [-0.25, -0.2) is 9.78 Å². The lowest BCUT2D eigenvalue weighted by Gasteiger charge is -2.44. The van der Waals surface area contributed by atoms with Gasteiger partial charge in [0.2, 0.25) is 5.91 Å². The summed E-state index contributed by atoms with van der Waals surface area (Å²) in [5.41, 5.74) is 3.26. The highest BCUT2D eigenvalue weighted by atomic mass is 16.4. The van der Waals surface area contributed by atoms with Crippen LogP contribution in [0.5, 0.6) is 0 Å². The summed E-state index contributed by atoms with van der Waals surface area (Å²) in [6.45, 7) is 1.58. The average molecular weight is 377 g/mol. The minimum atomic E-state index is -1.12. The van der Waals surface area contributed by atoms with Gasteiger partial charge in [-0.1, -0.05) is 12.1 Å². The van der Waals surface area contributed by atoms with E-state index in [0.29, 0.717) is 12.0 Å². The third-order valence-corrected chi connectivity index (χ3v) is 6.03. The number of fused-ring (bicyclic) bond motifs is 4. The average Bonchev–Trinajstić information content (AvgIpc) is 3.15. The molecule has 2 aromatic heterocycles. The minimum absolute atomic E-state index is 0.0307. The summed E-state index contributed by atoms with van der Waals surface area (Å²) < 4.78 is 1.99. The molecule has 0 saturated carbocycles. The molecule has 0 spiro atoms. The highest BCUT2D eigenvalue weighted by Gasteiger charge is 2.56. The van der Waals surface area contributed by atoms with Gasteiger partial charge in [0, 0.05) is 24.0 Å². The maximum absolute atomic E-state index is 12.4. The summed E-state index contributed by atoms with van der Waals surface area (Å²) in [7, 11) is 1.93. The zero-order chi connectivity index (χ0) is 19.7. The summed E-state index contributed by atoms with van der Waals surface area (Å²) in [6.07, 6.45) is 1.38. The van der Waals surface area contributed by atoms with Gasteiger partial charge in [0.25, 0.3) is 0 Å². The Morgan fingerprint density at radius 1 is 1.29 bits per heavy atom. The van der Waals surface area contributed by atoms with Gasteiger partial charge in [0.1, 0.15) is 11.3 Å². The van der Waals surface area contributed by atoms with Crippen LogP contribution in [0.15, 0.2) is 42.2 Å². The molecule has 7 nitrogen and oxygen atoms in total. The van der Waals surface area contributed by atoms with Gasteiger partial charge in [-0.3, -0.25) is 4.79 Å². The van der Waals surface area contributed by atoms with Crippen LogP contribution in [0.25, 0.3) is 27.5 Å². The number of nitrogens with zero attached hydrogens (tertiary/aromatic N) is 3. The number of hydrogen-bond donors (Lipinski definition) is 2. The highest BCUT2D eigenvalue weighted by molar-refractivity contribution is 6.09. The molecule has 7 heteroatoms. The van der Waals surface area contributed by atoms with E-state index in [9.17, 15) is 19.8 Å². The second kappa shape index (κ2) is 5.65. The topological polar surface area (TPSA) is 95.7 Å². The maximum atomic E-state index is 12.4. The number of carbonyl (C=O) groups excluding carboxylic acids is 1. The number of aliphatic carboxylic acids is 1. The molecule has 3 atom stereocenters. The number of aromatic nitrogens is 2. The van der Waals surface area contributed by atoms with E-state index in [1.807, 2.05) is 41.9 Å². The van der Waals surface area contributed by atoms with E-state index in [-0.39, 0.29) is 17.6 Å². The lowest BCUT2D eigenvalue weighted by Crippen LogP contribution is -2.61. The molecule has 0 radical (unpaired) electrons. The Hall–Kier alpha value is -3.19. The predicted octanol–water partition coefficient (Wildman–Crippen LogP) is 2.13. The van der Waals surface area contributed by atoms with Gasteiger partial charge >= 0.3 is 5.97 Å². The largest absolute Gasteiger partial charge is 0.477 e. The third-order valence-electron chi connectivity index (χ3n) is 6.03. The molecule has 1 amide bonds. The number of amides is 1. The predicted molar refractivity (Wildman–Crippen MR) is 103 cm³/mol. The van der Waals surface area contributed by atoms with Crippen LogP contribution in [0, 0.1) is 5.92 Å². The number of carboxylic acid groups (broad SMARTS) is 1. The molecular weight excluding hydrogens is 358 g/mol. The fourth-order valence-electron chi connectivity index (χ4n) is 4.74. The van der Waals surface area contributed by atoms with Crippen molar-refractivity contribution >= 4 is 39.4 Å². The van der Waals surface area contributed by atoms with E-state index in [2.05, 4.69) is 4.98 Å². The molecule has 1 fully saturated rings. The Bertz CT molecular complexity index is 1210. The van der Waals surface area contributed by atoms with Crippen molar-refractivity contribution in [2.75, 3.05) is 0 Å². The standard InChI is InChI=1S/C21H19N3O4/c1-10(25)17-16-9-14(18(21(27)28)24(16)20(17)26)11-5-6-12-13-4-3-7-22-19(13)23(2)15(12)8-11/h3-8,10,16-17,25H,9H2,1-2H3,(H,27,28)/t10-,16-,17-/m1/s1. The van der Waals surface area contributed by atoms with E-state index in [1.165, 1.54) is 4.90 Å². The van der Waals surface area contributed by atoms with Crippen molar-refractivity contribution in [2.24, 2.45) is 13.0 Å². The fourth-order valence-corrected chi connectivity index (χ4v) is 4.74. The first kappa shape index (κ1) is 16.9. The van der Waals surface area contributed by atoms with Crippen LogP contribution in [-0.2, 0) is 16.6 Å². The Morgan fingerprint density at radius 3 is 2.79 bits per heavy atom. The molecular formula is C21H19N3O4. The number of hydrogen-bond acceptors (Lipinski definition) is 4. The maximum Gasteiger partial charge on any atom is 0.352 e. The zero-order valence-corrected chi connectivity index (χ0v) is 15.5. The van der Waals surface area contributed by atoms with Crippen LogP contribution in [0.2, 0.25) is 0 Å². The van der Waals surface area contributed by atoms with Gasteiger partial charge in [-0.15, -0.1) is 0 Å². The monoisotopic (exact) mass is 377 g/mol. The number of pyridine rings is 1. The van der Waals surface area contributed by atoms with Crippen LogP contribution in [0.4, 0.5) is 0 Å². The molecule has 0 aliphatic carbocycles.